The first-order chi connectivity index (χ1) is 14.5. The van der Waals surface area contributed by atoms with Crippen molar-refractivity contribution in [2.24, 2.45) is 0 Å². The largest absolute Gasteiger partial charge is 0.495 e. The van der Waals surface area contributed by atoms with Gasteiger partial charge in [-0.3, -0.25) is 9.69 Å². The van der Waals surface area contributed by atoms with Gasteiger partial charge in [-0.15, -0.1) is 0 Å². The molecule has 1 aromatic heterocycles. The van der Waals surface area contributed by atoms with Gasteiger partial charge in [0, 0.05) is 53.0 Å². The Balaban J connectivity index is 1.45. The molecule has 0 unspecified atom stereocenters. The Bertz CT molecular complexity index is 847. The Morgan fingerprint density at radius 3 is 2.67 bits per heavy atom. The number of hydrogen-bond acceptors (Lipinski definition) is 6. The molecule has 0 radical (unpaired) electrons. The lowest BCUT2D eigenvalue weighted by molar-refractivity contribution is 0.0828. The summed E-state index contributed by atoms with van der Waals surface area (Å²) in [5.41, 5.74) is 3.01. The summed E-state index contributed by atoms with van der Waals surface area (Å²) in [4.78, 5) is 23.1. The lowest BCUT2D eigenvalue weighted by Gasteiger charge is -2.36. The Labute approximate surface area is 179 Å². The highest BCUT2D eigenvalue weighted by Crippen LogP contribution is 2.29. The smallest absolute Gasteiger partial charge is 0.257 e. The van der Waals surface area contributed by atoms with Crippen LogP contribution in [0.4, 0.5) is 11.5 Å². The fraction of sp³-hybridized carbons (Fsp3) is 0.478. The highest BCUT2D eigenvalue weighted by atomic mass is 16.5. The number of carbonyl (C=O) groups excluding carboxylic acids is 1. The molecule has 1 N–H and O–H groups in total. The van der Waals surface area contributed by atoms with Gasteiger partial charge in [-0.05, 0) is 49.7 Å². The van der Waals surface area contributed by atoms with Crippen molar-refractivity contribution < 1.29 is 9.53 Å². The average Bonchev–Trinajstić information content (AvgIpc) is 2.77. The topological polar surface area (TPSA) is 60.9 Å². The number of amides is 1. The van der Waals surface area contributed by atoms with Gasteiger partial charge in [0.1, 0.15) is 11.6 Å². The quantitative estimate of drug-likeness (QED) is 0.674. The molecular weight excluding hydrogens is 378 g/mol. The molecule has 1 aromatic carbocycles. The van der Waals surface area contributed by atoms with Crippen LogP contribution in [0.25, 0.3) is 0 Å². The molecule has 1 fully saturated rings. The molecule has 162 valence electrons. The van der Waals surface area contributed by atoms with Crippen LogP contribution in [0.1, 0.15) is 22.3 Å². The van der Waals surface area contributed by atoms with Crippen LogP contribution < -0.4 is 15.0 Å². The predicted molar refractivity (Wildman–Crippen MR) is 122 cm³/mol. The van der Waals surface area contributed by atoms with E-state index in [0.717, 1.165) is 51.4 Å². The number of pyridine rings is 1. The minimum Gasteiger partial charge on any atom is -0.495 e. The van der Waals surface area contributed by atoms with Gasteiger partial charge in [-0.2, -0.15) is 0 Å². The summed E-state index contributed by atoms with van der Waals surface area (Å²) in [5, 5.41) is 3.33. The summed E-state index contributed by atoms with van der Waals surface area (Å²) in [6.07, 6.45) is 2.72. The number of methoxy groups -OCH3 is 1. The number of carbonyl (C=O) groups is 1. The molecule has 1 aliphatic heterocycles. The van der Waals surface area contributed by atoms with E-state index < -0.39 is 0 Å². The second-order valence-electron chi connectivity index (χ2n) is 7.88. The van der Waals surface area contributed by atoms with Gasteiger partial charge < -0.3 is 19.9 Å². The number of anilines is 2. The highest BCUT2D eigenvalue weighted by Gasteiger charge is 2.19. The summed E-state index contributed by atoms with van der Waals surface area (Å²) in [6, 6.07) is 10.0. The molecule has 1 amide bonds. The molecule has 2 heterocycles. The number of nitrogens with one attached hydrogen (secondary N) is 1. The lowest BCUT2D eigenvalue weighted by atomic mass is 10.1. The first-order valence-electron chi connectivity index (χ1n) is 10.5. The van der Waals surface area contributed by atoms with Crippen molar-refractivity contribution >= 4 is 17.4 Å². The van der Waals surface area contributed by atoms with E-state index in [2.05, 4.69) is 45.2 Å². The van der Waals surface area contributed by atoms with E-state index in [0.29, 0.717) is 11.4 Å². The van der Waals surface area contributed by atoms with Crippen LogP contribution in [-0.4, -0.2) is 81.2 Å². The maximum atomic E-state index is 12.3. The molecule has 0 spiro atoms. The van der Waals surface area contributed by atoms with Crippen molar-refractivity contribution in [2.75, 3.05) is 70.7 Å². The third kappa shape index (κ3) is 5.42. The monoisotopic (exact) mass is 411 g/mol. The van der Waals surface area contributed by atoms with Gasteiger partial charge in [-0.25, -0.2) is 4.98 Å². The van der Waals surface area contributed by atoms with Crippen molar-refractivity contribution in [2.45, 2.75) is 13.3 Å². The second kappa shape index (κ2) is 10.3. The summed E-state index contributed by atoms with van der Waals surface area (Å²) < 4.78 is 5.57. The van der Waals surface area contributed by atoms with Crippen molar-refractivity contribution in [1.82, 2.24) is 14.8 Å². The standard InChI is InChI=1S/C23H33N5O2/c1-18-8-9-20(21(17-18)30-4)28-15-13-27(14-16-28)12-6-11-25-22-19(7-5-10-24-22)23(29)26(2)3/h5,7-10,17H,6,11-16H2,1-4H3,(H,24,25). The molecule has 0 atom stereocenters. The lowest BCUT2D eigenvalue weighted by Crippen LogP contribution is -2.47. The Kier molecular flexibility index (Phi) is 7.52. The van der Waals surface area contributed by atoms with E-state index in [1.807, 2.05) is 6.07 Å². The van der Waals surface area contributed by atoms with E-state index in [4.69, 9.17) is 4.74 Å². The first kappa shape index (κ1) is 21.9. The van der Waals surface area contributed by atoms with Crippen LogP contribution in [-0.2, 0) is 0 Å². The van der Waals surface area contributed by atoms with Crippen LogP contribution >= 0.6 is 0 Å². The van der Waals surface area contributed by atoms with Crippen LogP contribution in [0.15, 0.2) is 36.5 Å². The van der Waals surface area contributed by atoms with E-state index in [1.54, 1.807) is 38.4 Å². The molecule has 0 saturated carbocycles. The minimum atomic E-state index is -0.0340. The SMILES string of the molecule is COc1cc(C)ccc1N1CCN(CCCNc2ncccc2C(=O)N(C)C)CC1. The third-order valence-corrected chi connectivity index (χ3v) is 5.44. The molecule has 30 heavy (non-hydrogen) atoms. The van der Waals surface area contributed by atoms with Gasteiger partial charge in [0.15, 0.2) is 0 Å². The first-order valence-corrected chi connectivity index (χ1v) is 10.5. The Morgan fingerprint density at radius 2 is 1.97 bits per heavy atom. The molecule has 7 nitrogen and oxygen atoms in total. The maximum Gasteiger partial charge on any atom is 0.257 e. The molecule has 1 saturated heterocycles. The third-order valence-electron chi connectivity index (χ3n) is 5.44. The summed E-state index contributed by atoms with van der Waals surface area (Å²) in [7, 11) is 5.25. The molecule has 1 aliphatic rings. The van der Waals surface area contributed by atoms with E-state index in [9.17, 15) is 4.79 Å². The maximum absolute atomic E-state index is 12.3. The van der Waals surface area contributed by atoms with Crippen LogP contribution in [0.3, 0.4) is 0 Å². The molecule has 3 rings (SSSR count). The zero-order valence-electron chi connectivity index (χ0n) is 18.5. The summed E-state index contributed by atoms with van der Waals surface area (Å²) in [6.45, 7) is 7.95. The van der Waals surface area contributed by atoms with Crippen LogP contribution in [0.2, 0.25) is 0 Å². The molecule has 0 bridgehead atoms. The predicted octanol–water partition coefficient (Wildman–Crippen LogP) is 2.72. The summed E-state index contributed by atoms with van der Waals surface area (Å²) >= 11 is 0. The van der Waals surface area contributed by atoms with Crippen molar-refractivity contribution in [3.8, 4) is 5.75 Å². The van der Waals surface area contributed by atoms with Gasteiger partial charge in [0.05, 0.1) is 18.4 Å². The number of ether oxygens (including phenoxy) is 1. The van der Waals surface area contributed by atoms with E-state index in [1.165, 1.54) is 11.3 Å². The van der Waals surface area contributed by atoms with Crippen LogP contribution in [0.5, 0.6) is 5.75 Å². The van der Waals surface area contributed by atoms with Crippen LogP contribution in [0, 0.1) is 6.92 Å². The van der Waals surface area contributed by atoms with E-state index in [-0.39, 0.29) is 5.91 Å². The van der Waals surface area contributed by atoms with Crippen molar-refractivity contribution in [3.05, 3.63) is 47.7 Å². The minimum absolute atomic E-state index is 0.0340. The average molecular weight is 412 g/mol. The Morgan fingerprint density at radius 1 is 1.20 bits per heavy atom. The number of rotatable bonds is 8. The van der Waals surface area contributed by atoms with E-state index >= 15 is 0 Å². The van der Waals surface area contributed by atoms with Crippen molar-refractivity contribution in [3.63, 3.8) is 0 Å². The molecule has 0 aliphatic carbocycles. The number of benzene rings is 1. The summed E-state index contributed by atoms with van der Waals surface area (Å²) in [5.74, 6) is 1.58. The van der Waals surface area contributed by atoms with Gasteiger partial charge in [0.25, 0.3) is 5.91 Å². The van der Waals surface area contributed by atoms with Gasteiger partial charge in [-0.1, -0.05) is 6.07 Å². The zero-order valence-corrected chi connectivity index (χ0v) is 18.5. The number of nitrogens with zero attached hydrogens (tertiary/aromatic N) is 4. The fourth-order valence-corrected chi connectivity index (χ4v) is 3.73. The zero-order chi connectivity index (χ0) is 21.5. The number of hydrogen-bond donors (Lipinski definition) is 1. The number of aryl methyl sites for hydroxylation is 1. The Hall–Kier alpha value is -2.80. The number of piperazine rings is 1. The van der Waals surface area contributed by atoms with Gasteiger partial charge >= 0.3 is 0 Å². The van der Waals surface area contributed by atoms with Gasteiger partial charge in [0.2, 0.25) is 0 Å². The number of aromatic nitrogens is 1. The molecular formula is C23H33N5O2. The fourth-order valence-electron chi connectivity index (χ4n) is 3.73. The highest BCUT2D eigenvalue weighted by molar-refractivity contribution is 5.98. The second-order valence-corrected chi connectivity index (χ2v) is 7.88. The van der Waals surface area contributed by atoms with Crippen molar-refractivity contribution in [1.29, 1.82) is 0 Å². The normalized spacial score (nSPS) is 14.5. The molecule has 7 heteroatoms. The molecule has 2 aromatic rings.